The van der Waals surface area contributed by atoms with Crippen LogP contribution in [0.5, 0.6) is 0 Å². The van der Waals surface area contributed by atoms with Crippen LogP contribution < -0.4 is 5.73 Å². The number of carbonyl (C=O) groups excluding carboxylic acids is 1. The molecule has 0 aromatic carbocycles. The second-order valence-electron chi connectivity index (χ2n) is 5.01. The van der Waals surface area contributed by atoms with Crippen LogP contribution in [0.3, 0.4) is 0 Å². The van der Waals surface area contributed by atoms with Crippen molar-refractivity contribution in [1.29, 1.82) is 0 Å². The van der Waals surface area contributed by atoms with Crippen LogP contribution in [-0.2, 0) is 4.79 Å². The van der Waals surface area contributed by atoms with Gasteiger partial charge in [-0.1, -0.05) is 25.1 Å². The Bertz CT molecular complexity index is 291. The Labute approximate surface area is 102 Å². The van der Waals surface area contributed by atoms with Gasteiger partial charge in [-0.15, -0.1) is 0 Å². The van der Waals surface area contributed by atoms with Crippen LogP contribution in [0.4, 0.5) is 0 Å². The number of nitrogens with two attached hydrogens (primary N) is 1. The summed E-state index contributed by atoms with van der Waals surface area (Å²) in [5.41, 5.74) is 5.33. The molecule has 1 aliphatic carbocycles. The Balaban J connectivity index is 2.13. The largest absolute Gasteiger partial charge is 0.392 e. The molecule has 2 aliphatic rings. The van der Waals surface area contributed by atoms with Gasteiger partial charge in [-0.05, 0) is 32.1 Å². The molecule has 1 amide bonds. The Kier molecular flexibility index (Phi) is 3.47. The lowest BCUT2D eigenvalue weighted by Crippen LogP contribution is -2.50. The minimum absolute atomic E-state index is 0.206. The fourth-order valence-electron chi connectivity index (χ4n) is 2.94. The molecule has 2 rings (SSSR count). The van der Waals surface area contributed by atoms with Crippen molar-refractivity contribution < 1.29 is 4.79 Å². The maximum absolute atomic E-state index is 12.5. The van der Waals surface area contributed by atoms with Gasteiger partial charge in [0.05, 0.1) is 10.4 Å². The molecule has 2 N–H and O–H groups in total. The highest BCUT2D eigenvalue weighted by molar-refractivity contribution is 7.80. The van der Waals surface area contributed by atoms with Crippen molar-refractivity contribution in [2.24, 2.45) is 11.1 Å². The fraction of sp³-hybridized carbons (Fsp3) is 0.833. The molecule has 0 atom stereocenters. The number of hydrogen-bond donors (Lipinski definition) is 1. The maximum atomic E-state index is 12.5. The van der Waals surface area contributed by atoms with Gasteiger partial charge in [0.1, 0.15) is 0 Å². The lowest BCUT2D eigenvalue weighted by atomic mass is 9.84. The van der Waals surface area contributed by atoms with Gasteiger partial charge < -0.3 is 10.6 Å². The molecule has 0 radical (unpaired) electrons. The first kappa shape index (κ1) is 11.8. The molecule has 16 heavy (non-hydrogen) atoms. The van der Waals surface area contributed by atoms with E-state index in [1.54, 1.807) is 0 Å². The smallest absolute Gasteiger partial charge is 0.235 e. The molecular formula is C12H20N2OS. The number of hydrogen-bond acceptors (Lipinski definition) is 2. The Morgan fingerprint density at radius 1 is 1.06 bits per heavy atom. The second kappa shape index (κ2) is 4.70. The maximum Gasteiger partial charge on any atom is 0.235 e. The minimum Gasteiger partial charge on any atom is -0.392 e. The number of carbonyl (C=O) groups is 1. The van der Waals surface area contributed by atoms with Crippen molar-refractivity contribution in [3.8, 4) is 0 Å². The summed E-state index contributed by atoms with van der Waals surface area (Å²) >= 11 is 5.14. The zero-order valence-corrected chi connectivity index (χ0v) is 10.5. The monoisotopic (exact) mass is 240 g/mol. The van der Waals surface area contributed by atoms with E-state index in [1.165, 1.54) is 6.42 Å². The van der Waals surface area contributed by atoms with Crippen LogP contribution in [-0.4, -0.2) is 28.9 Å². The molecule has 90 valence electrons. The van der Waals surface area contributed by atoms with Gasteiger partial charge in [-0.3, -0.25) is 4.79 Å². The molecule has 1 aliphatic heterocycles. The summed E-state index contributed by atoms with van der Waals surface area (Å²) in [6, 6.07) is 0. The topological polar surface area (TPSA) is 46.3 Å². The summed E-state index contributed by atoms with van der Waals surface area (Å²) in [4.78, 5) is 14.9. The number of piperidine rings is 1. The second-order valence-corrected chi connectivity index (χ2v) is 5.45. The first-order chi connectivity index (χ1) is 7.67. The van der Waals surface area contributed by atoms with Crippen LogP contribution in [0.2, 0.25) is 0 Å². The van der Waals surface area contributed by atoms with Crippen molar-refractivity contribution in [1.82, 2.24) is 4.90 Å². The molecule has 0 unspecified atom stereocenters. The van der Waals surface area contributed by atoms with Crippen molar-refractivity contribution >= 4 is 23.1 Å². The van der Waals surface area contributed by atoms with Crippen LogP contribution >= 0.6 is 12.2 Å². The summed E-state index contributed by atoms with van der Waals surface area (Å²) in [5, 5.41) is 0. The highest BCUT2D eigenvalue weighted by Gasteiger charge is 2.46. The average Bonchev–Trinajstić information content (AvgIpc) is 2.79. The zero-order valence-electron chi connectivity index (χ0n) is 9.71. The molecule has 2 fully saturated rings. The average molecular weight is 240 g/mol. The van der Waals surface area contributed by atoms with E-state index < -0.39 is 5.41 Å². The summed E-state index contributed by atoms with van der Waals surface area (Å²) in [6.45, 7) is 1.78. The predicted molar refractivity (Wildman–Crippen MR) is 68.1 cm³/mol. The number of likely N-dealkylation sites (tertiary alicyclic amines) is 1. The van der Waals surface area contributed by atoms with E-state index in [0.29, 0.717) is 4.99 Å². The summed E-state index contributed by atoms with van der Waals surface area (Å²) in [6.07, 6.45) is 7.37. The molecule has 1 saturated heterocycles. The third-order valence-electron chi connectivity index (χ3n) is 3.98. The third-order valence-corrected chi connectivity index (χ3v) is 4.37. The van der Waals surface area contributed by atoms with Crippen molar-refractivity contribution in [2.75, 3.05) is 13.1 Å². The molecule has 3 nitrogen and oxygen atoms in total. The fourth-order valence-corrected chi connectivity index (χ4v) is 3.24. The van der Waals surface area contributed by atoms with Crippen molar-refractivity contribution in [2.45, 2.75) is 44.9 Å². The molecule has 1 heterocycles. The molecule has 0 aromatic heterocycles. The van der Waals surface area contributed by atoms with E-state index in [1.807, 2.05) is 4.90 Å². The van der Waals surface area contributed by atoms with Gasteiger partial charge in [0.25, 0.3) is 0 Å². The van der Waals surface area contributed by atoms with Crippen LogP contribution in [0, 0.1) is 5.41 Å². The van der Waals surface area contributed by atoms with Crippen LogP contribution in [0.15, 0.2) is 0 Å². The van der Waals surface area contributed by atoms with E-state index in [-0.39, 0.29) is 5.91 Å². The van der Waals surface area contributed by atoms with E-state index in [9.17, 15) is 4.79 Å². The van der Waals surface area contributed by atoms with Crippen LogP contribution in [0.1, 0.15) is 44.9 Å². The molecular weight excluding hydrogens is 220 g/mol. The highest BCUT2D eigenvalue weighted by atomic mass is 32.1. The lowest BCUT2D eigenvalue weighted by Gasteiger charge is -2.35. The van der Waals surface area contributed by atoms with Crippen molar-refractivity contribution in [3.05, 3.63) is 0 Å². The van der Waals surface area contributed by atoms with Gasteiger partial charge in [0.2, 0.25) is 5.91 Å². The standard InChI is InChI=1S/C12H20N2OS/c13-10(16)12(6-2-3-7-12)11(15)14-8-4-1-5-9-14/h1-9H2,(H2,13,16). The SMILES string of the molecule is NC(=S)C1(C(=O)N2CCCCC2)CCCC1. The van der Waals surface area contributed by atoms with Gasteiger partial charge >= 0.3 is 0 Å². The van der Waals surface area contributed by atoms with Gasteiger partial charge in [-0.25, -0.2) is 0 Å². The predicted octanol–water partition coefficient (Wildman–Crippen LogP) is 1.85. The number of nitrogens with zero attached hydrogens (tertiary/aromatic N) is 1. The zero-order chi connectivity index (χ0) is 11.6. The Morgan fingerprint density at radius 3 is 2.12 bits per heavy atom. The van der Waals surface area contributed by atoms with E-state index in [0.717, 1.165) is 51.6 Å². The molecule has 0 spiro atoms. The molecule has 4 heteroatoms. The van der Waals surface area contributed by atoms with E-state index in [4.69, 9.17) is 18.0 Å². The number of thiocarbonyl (C=S) groups is 1. The van der Waals surface area contributed by atoms with Gasteiger partial charge in [0.15, 0.2) is 0 Å². The van der Waals surface area contributed by atoms with Crippen LogP contribution in [0.25, 0.3) is 0 Å². The first-order valence-electron chi connectivity index (χ1n) is 6.26. The lowest BCUT2D eigenvalue weighted by molar-refractivity contribution is -0.139. The highest BCUT2D eigenvalue weighted by Crippen LogP contribution is 2.40. The summed E-state index contributed by atoms with van der Waals surface area (Å²) < 4.78 is 0. The Hall–Kier alpha value is -0.640. The molecule has 1 saturated carbocycles. The normalized spacial score (nSPS) is 24.4. The van der Waals surface area contributed by atoms with Crippen molar-refractivity contribution in [3.63, 3.8) is 0 Å². The minimum atomic E-state index is -0.493. The molecule has 0 bridgehead atoms. The first-order valence-corrected chi connectivity index (χ1v) is 6.67. The Morgan fingerprint density at radius 2 is 1.62 bits per heavy atom. The quantitative estimate of drug-likeness (QED) is 0.749. The number of rotatable bonds is 2. The summed E-state index contributed by atoms with van der Waals surface area (Å²) in [5.74, 6) is 0.206. The van der Waals surface area contributed by atoms with E-state index in [2.05, 4.69) is 0 Å². The summed E-state index contributed by atoms with van der Waals surface area (Å²) in [7, 11) is 0. The van der Waals surface area contributed by atoms with Gasteiger partial charge in [0, 0.05) is 13.1 Å². The third kappa shape index (κ3) is 1.95. The molecule has 0 aromatic rings. The van der Waals surface area contributed by atoms with Gasteiger partial charge in [-0.2, -0.15) is 0 Å². The van der Waals surface area contributed by atoms with E-state index >= 15 is 0 Å². The number of amides is 1.